The highest BCUT2D eigenvalue weighted by atomic mass is 19.1. The third-order valence-electron chi connectivity index (χ3n) is 2.78. The molecule has 0 aliphatic carbocycles. The summed E-state index contributed by atoms with van der Waals surface area (Å²) in [6.45, 7) is 0.402. The van der Waals surface area contributed by atoms with E-state index in [4.69, 9.17) is 4.42 Å². The molecule has 0 aliphatic rings. The lowest BCUT2D eigenvalue weighted by molar-refractivity contribution is 0.517. The number of anilines is 3. The zero-order chi connectivity index (χ0) is 15.4. The zero-order valence-corrected chi connectivity index (χ0v) is 11.3. The molecule has 0 bridgehead atoms. The molecule has 8 heteroatoms. The smallest absolute Gasteiger partial charge is 0.249 e. The monoisotopic (exact) mass is 303 g/mol. The van der Waals surface area contributed by atoms with Gasteiger partial charge in [0.2, 0.25) is 5.95 Å². The van der Waals surface area contributed by atoms with Gasteiger partial charge in [0.05, 0.1) is 19.0 Å². The number of benzene rings is 1. The molecule has 2 aromatic heterocycles. The summed E-state index contributed by atoms with van der Waals surface area (Å²) in [5, 5.41) is 12.9. The fourth-order valence-corrected chi connectivity index (χ4v) is 1.76. The van der Waals surface area contributed by atoms with E-state index < -0.39 is 11.6 Å². The number of rotatable bonds is 5. The molecule has 0 amide bonds. The van der Waals surface area contributed by atoms with Gasteiger partial charge in [-0.1, -0.05) is 6.07 Å². The van der Waals surface area contributed by atoms with Gasteiger partial charge in [-0.05, 0) is 24.3 Å². The highest BCUT2D eigenvalue weighted by Gasteiger charge is 2.10. The van der Waals surface area contributed by atoms with Gasteiger partial charge in [-0.2, -0.15) is 10.1 Å². The van der Waals surface area contributed by atoms with E-state index in [2.05, 4.69) is 25.8 Å². The Morgan fingerprint density at radius 3 is 2.64 bits per heavy atom. The molecule has 112 valence electrons. The summed E-state index contributed by atoms with van der Waals surface area (Å²) in [7, 11) is 0. The molecule has 6 nitrogen and oxygen atoms in total. The van der Waals surface area contributed by atoms with Crippen molar-refractivity contribution in [3.63, 3.8) is 0 Å². The van der Waals surface area contributed by atoms with E-state index in [0.29, 0.717) is 18.1 Å². The van der Waals surface area contributed by atoms with E-state index in [1.54, 1.807) is 18.4 Å². The summed E-state index contributed by atoms with van der Waals surface area (Å²) in [4.78, 5) is 4.08. The second kappa shape index (κ2) is 6.17. The molecular weight excluding hydrogens is 292 g/mol. The lowest BCUT2D eigenvalue weighted by Gasteiger charge is -2.08. The van der Waals surface area contributed by atoms with Crippen molar-refractivity contribution in [1.82, 2.24) is 15.2 Å². The van der Waals surface area contributed by atoms with Crippen LogP contribution in [-0.4, -0.2) is 15.2 Å². The first-order valence-electron chi connectivity index (χ1n) is 6.39. The topological polar surface area (TPSA) is 75.9 Å². The predicted octanol–water partition coefficient (Wildman–Crippen LogP) is 3.10. The Hall–Kier alpha value is -3.03. The summed E-state index contributed by atoms with van der Waals surface area (Å²) in [6, 6.07) is 7.12. The van der Waals surface area contributed by atoms with E-state index in [9.17, 15) is 8.78 Å². The van der Waals surface area contributed by atoms with Gasteiger partial charge in [0, 0.05) is 0 Å². The molecule has 3 aromatic rings. The number of aromatic nitrogens is 3. The largest absolute Gasteiger partial charge is 0.467 e. The number of hydrogen-bond acceptors (Lipinski definition) is 6. The van der Waals surface area contributed by atoms with Crippen molar-refractivity contribution in [1.29, 1.82) is 0 Å². The SMILES string of the molecule is Fc1cccc(F)c1Nc1nncc(NCc2ccco2)n1. The second-order valence-electron chi connectivity index (χ2n) is 4.32. The average Bonchev–Trinajstić information content (AvgIpc) is 3.03. The van der Waals surface area contributed by atoms with Crippen LogP contribution >= 0.6 is 0 Å². The van der Waals surface area contributed by atoms with E-state index in [-0.39, 0.29) is 11.6 Å². The van der Waals surface area contributed by atoms with E-state index in [1.165, 1.54) is 12.3 Å². The van der Waals surface area contributed by atoms with Crippen LogP contribution in [-0.2, 0) is 6.54 Å². The van der Waals surface area contributed by atoms with E-state index >= 15 is 0 Å². The molecule has 0 atom stereocenters. The van der Waals surface area contributed by atoms with Crippen LogP contribution in [0.5, 0.6) is 0 Å². The maximum Gasteiger partial charge on any atom is 0.249 e. The van der Waals surface area contributed by atoms with Gasteiger partial charge >= 0.3 is 0 Å². The van der Waals surface area contributed by atoms with Crippen molar-refractivity contribution in [3.8, 4) is 0 Å². The van der Waals surface area contributed by atoms with Crippen molar-refractivity contribution in [2.75, 3.05) is 10.6 Å². The van der Waals surface area contributed by atoms with Gasteiger partial charge in [0.25, 0.3) is 0 Å². The minimum Gasteiger partial charge on any atom is -0.467 e. The minimum absolute atomic E-state index is 0.0200. The number of halogens is 2. The van der Waals surface area contributed by atoms with Gasteiger partial charge in [0.15, 0.2) is 5.82 Å². The lowest BCUT2D eigenvalue weighted by Crippen LogP contribution is -2.06. The molecule has 0 saturated heterocycles. The van der Waals surface area contributed by atoms with Crippen molar-refractivity contribution >= 4 is 17.5 Å². The Bertz CT molecular complexity index is 743. The van der Waals surface area contributed by atoms with Crippen molar-refractivity contribution < 1.29 is 13.2 Å². The fourth-order valence-electron chi connectivity index (χ4n) is 1.76. The molecule has 22 heavy (non-hydrogen) atoms. The van der Waals surface area contributed by atoms with Crippen LogP contribution in [0.15, 0.2) is 47.2 Å². The Labute approximate surface area is 124 Å². The quantitative estimate of drug-likeness (QED) is 0.754. The Morgan fingerprint density at radius 2 is 1.91 bits per heavy atom. The van der Waals surface area contributed by atoms with Crippen molar-refractivity contribution in [2.24, 2.45) is 0 Å². The summed E-state index contributed by atoms with van der Waals surface area (Å²) in [6.07, 6.45) is 2.95. The standard InChI is InChI=1S/C14H11F2N5O/c15-10-4-1-5-11(16)13(10)20-14-19-12(8-18-21-14)17-7-9-3-2-6-22-9/h1-6,8H,7H2,(H2,17,19,20,21). The molecule has 0 fully saturated rings. The first-order chi connectivity index (χ1) is 10.7. The third kappa shape index (κ3) is 3.17. The Kier molecular flexibility index (Phi) is 3.90. The third-order valence-corrected chi connectivity index (χ3v) is 2.78. The number of nitrogens with zero attached hydrogens (tertiary/aromatic N) is 3. The Balaban J connectivity index is 1.73. The van der Waals surface area contributed by atoms with Crippen LogP contribution in [0.4, 0.5) is 26.2 Å². The maximum atomic E-state index is 13.6. The number of hydrogen-bond donors (Lipinski definition) is 2. The summed E-state index contributed by atoms with van der Waals surface area (Å²) in [5.41, 5.74) is -0.326. The molecule has 0 aliphatic heterocycles. The van der Waals surface area contributed by atoms with Crippen LogP contribution in [0, 0.1) is 11.6 Å². The summed E-state index contributed by atoms with van der Waals surface area (Å²) in [5.74, 6) is -0.387. The van der Waals surface area contributed by atoms with Crippen LogP contribution in [0.1, 0.15) is 5.76 Å². The van der Waals surface area contributed by atoms with Crippen LogP contribution in [0.2, 0.25) is 0 Å². The molecule has 2 N–H and O–H groups in total. The average molecular weight is 303 g/mol. The zero-order valence-electron chi connectivity index (χ0n) is 11.3. The molecule has 1 aromatic carbocycles. The number of furan rings is 1. The molecule has 3 rings (SSSR count). The van der Waals surface area contributed by atoms with E-state index in [0.717, 1.165) is 12.1 Å². The van der Waals surface area contributed by atoms with Gasteiger partial charge in [-0.3, -0.25) is 0 Å². The van der Waals surface area contributed by atoms with Gasteiger partial charge in [0.1, 0.15) is 23.1 Å². The first-order valence-corrected chi connectivity index (χ1v) is 6.39. The Morgan fingerprint density at radius 1 is 1.09 bits per heavy atom. The molecule has 0 radical (unpaired) electrons. The summed E-state index contributed by atoms with van der Waals surface area (Å²) >= 11 is 0. The van der Waals surface area contributed by atoms with E-state index in [1.807, 2.05) is 0 Å². The van der Waals surface area contributed by atoms with Crippen LogP contribution in [0.3, 0.4) is 0 Å². The van der Waals surface area contributed by atoms with Gasteiger partial charge in [-0.25, -0.2) is 8.78 Å². The fraction of sp³-hybridized carbons (Fsp3) is 0.0714. The minimum atomic E-state index is -0.738. The number of para-hydroxylation sites is 1. The molecule has 0 spiro atoms. The van der Waals surface area contributed by atoms with Gasteiger partial charge in [-0.15, -0.1) is 5.10 Å². The van der Waals surface area contributed by atoms with Crippen LogP contribution in [0.25, 0.3) is 0 Å². The lowest BCUT2D eigenvalue weighted by atomic mass is 10.3. The number of nitrogens with one attached hydrogen (secondary N) is 2. The first kappa shape index (κ1) is 13.9. The second-order valence-corrected chi connectivity index (χ2v) is 4.32. The molecular formula is C14H11F2N5O. The molecule has 2 heterocycles. The molecule has 0 unspecified atom stereocenters. The molecule has 0 saturated carbocycles. The highest BCUT2D eigenvalue weighted by molar-refractivity contribution is 5.55. The van der Waals surface area contributed by atoms with Gasteiger partial charge < -0.3 is 15.1 Å². The normalized spacial score (nSPS) is 10.5. The summed E-state index contributed by atoms with van der Waals surface area (Å²) < 4.78 is 32.3. The maximum absolute atomic E-state index is 13.6. The van der Waals surface area contributed by atoms with Crippen LogP contribution < -0.4 is 10.6 Å². The predicted molar refractivity (Wildman–Crippen MR) is 75.5 cm³/mol. The van der Waals surface area contributed by atoms with Crippen molar-refractivity contribution in [3.05, 3.63) is 60.2 Å². The highest BCUT2D eigenvalue weighted by Crippen LogP contribution is 2.21. The van der Waals surface area contributed by atoms with Crippen molar-refractivity contribution in [2.45, 2.75) is 6.54 Å².